The topological polar surface area (TPSA) is 81.2 Å². The Kier molecular flexibility index (Phi) is 5.64. The minimum absolute atomic E-state index is 0.0387. The molecule has 0 aliphatic carbocycles. The van der Waals surface area contributed by atoms with Crippen molar-refractivity contribution in [3.05, 3.63) is 58.9 Å². The van der Waals surface area contributed by atoms with E-state index in [1.807, 2.05) is 23.6 Å². The molecule has 1 aromatic carbocycles. The Balaban J connectivity index is 1.52. The van der Waals surface area contributed by atoms with Crippen LogP contribution in [0.3, 0.4) is 0 Å². The van der Waals surface area contributed by atoms with Gasteiger partial charge in [0, 0.05) is 12.6 Å². The Morgan fingerprint density at radius 2 is 1.92 bits per heavy atom. The fourth-order valence-corrected chi connectivity index (χ4v) is 4.25. The van der Waals surface area contributed by atoms with Crippen molar-refractivity contribution < 1.29 is 13.2 Å². The van der Waals surface area contributed by atoms with E-state index in [-0.39, 0.29) is 23.1 Å². The van der Waals surface area contributed by atoms with E-state index < -0.39 is 10.0 Å². The fraction of sp³-hybridized carbons (Fsp3) is 0.125. The molecule has 2 aromatic heterocycles. The summed E-state index contributed by atoms with van der Waals surface area (Å²) in [5.74, 6) is 0.331. The molecule has 3 aromatic rings. The number of ether oxygens (including phenoxy) is 1. The number of aromatic nitrogens is 2. The van der Waals surface area contributed by atoms with Gasteiger partial charge in [-0.2, -0.15) is 0 Å². The number of hydrogen-bond donors (Lipinski definition) is 1. The number of sulfonamides is 1. The highest BCUT2D eigenvalue weighted by atomic mass is 35.5. The van der Waals surface area contributed by atoms with Crippen LogP contribution in [0.15, 0.2) is 58.8 Å². The van der Waals surface area contributed by atoms with Gasteiger partial charge in [0.1, 0.15) is 17.2 Å². The highest BCUT2D eigenvalue weighted by Crippen LogP contribution is 2.23. The zero-order valence-electron chi connectivity index (χ0n) is 12.9. The number of nitrogens with zero attached hydrogens (tertiary/aromatic N) is 2. The molecule has 0 unspecified atom stereocenters. The largest absolute Gasteiger partial charge is 0.475 e. The molecule has 0 aliphatic rings. The van der Waals surface area contributed by atoms with Crippen LogP contribution in [0.4, 0.5) is 0 Å². The van der Waals surface area contributed by atoms with Crippen LogP contribution in [0, 0.1) is 0 Å². The quantitative estimate of drug-likeness (QED) is 0.621. The standard InChI is InChI=1S/C16H14ClN3O3S2/c17-12-4-1-2-6-15(12)25(21,22)18-9-10-23-16-8-7-13(19-20-16)14-5-3-11-24-14/h1-8,11,18H,9-10H2. The molecule has 0 fully saturated rings. The van der Waals surface area contributed by atoms with Gasteiger partial charge in [-0.25, -0.2) is 13.1 Å². The molecule has 9 heteroatoms. The van der Waals surface area contributed by atoms with E-state index in [1.165, 1.54) is 12.1 Å². The first-order chi connectivity index (χ1) is 12.1. The van der Waals surface area contributed by atoms with E-state index in [0.29, 0.717) is 5.88 Å². The predicted molar refractivity (Wildman–Crippen MR) is 97.5 cm³/mol. The van der Waals surface area contributed by atoms with Crippen LogP contribution in [-0.2, 0) is 10.0 Å². The lowest BCUT2D eigenvalue weighted by Crippen LogP contribution is -2.28. The Hall–Kier alpha value is -2.00. The average molecular weight is 396 g/mol. The van der Waals surface area contributed by atoms with Crippen molar-refractivity contribution >= 4 is 33.0 Å². The summed E-state index contributed by atoms with van der Waals surface area (Å²) in [4.78, 5) is 1.06. The monoisotopic (exact) mass is 395 g/mol. The highest BCUT2D eigenvalue weighted by Gasteiger charge is 2.16. The molecule has 1 N–H and O–H groups in total. The van der Waals surface area contributed by atoms with Crippen molar-refractivity contribution in [1.82, 2.24) is 14.9 Å². The van der Waals surface area contributed by atoms with E-state index in [0.717, 1.165) is 10.6 Å². The molecule has 0 saturated carbocycles. The van der Waals surface area contributed by atoms with E-state index in [2.05, 4.69) is 14.9 Å². The first-order valence-electron chi connectivity index (χ1n) is 7.31. The van der Waals surface area contributed by atoms with Crippen LogP contribution >= 0.6 is 22.9 Å². The Morgan fingerprint density at radius 1 is 1.08 bits per heavy atom. The number of halogens is 1. The van der Waals surface area contributed by atoms with Gasteiger partial charge in [0.15, 0.2) is 0 Å². The van der Waals surface area contributed by atoms with E-state index in [4.69, 9.17) is 16.3 Å². The van der Waals surface area contributed by atoms with Gasteiger partial charge in [-0.1, -0.05) is 29.8 Å². The van der Waals surface area contributed by atoms with Crippen LogP contribution in [0.25, 0.3) is 10.6 Å². The minimum atomic E-state index is -3.68. The maximum Gasteiger partial charge on any atom is 0.242 e. The molecule has 0 spiro atoms. The molecule has 0 atom stereocenters. The van der Waals surface area contributed by atoms with Gasteiger partial charge in [0.2, 0.25) is 15.9 Å². The van der Waals surface area contributed by atoms with Crippen molar-refractivity contribution in [2.24, 2.45) is 0 Å². The summed E-state index contributed by atoms with van der Waals surface area (Å²) in [6.07, 6.45) is 0. The van der Waals surface area contributed by atoms with Crippen LogP contribution in [0.1, 0.15) is 0 Å². The summed E-state index contributed by atoms with van der Waals surface area (Å²) >= 11 is 7.48. The van der Waals surface area contributed by atoms with Gasteiger partial charge in [-0.3, -0.25) is 0 Å². The Morgan fingerprint density at radius 3 is 2.60 bits per heavy atom. The summed E-state index contributed by atoms with van der Waals surface area (Å²) in [6, 6.07) is 13.7. The molecule has 0 saturated heterocycles. The second-order valence-electron chi connectivity index (χ2n) is 4.91. The number of rotatable bonds is 7. The molecule has 6 nitrogen and oxygen atoms in total. The van der Waals surface area contributed by atoms with Gasteiger partial charge in [0.25, 0.3) is 0 Å². The summed E-state index contributed by atoms with van der Waals surface area (Å²) in [5, 5.41) is 10.2. The molecule has 130 valence electrons. The van der Waals surface area contributed by atoms with Crippen molar-refractivity contribution in [3.63, 3.8) is 0 Å². The molecule has 3 rings (SSSR count). The summed E-state index contributed by atoms with van der Waals surface area (Å²) in [7, 11) is -3.68. The number of nitrogens with one attached hydrogen (secondary N) is 1. The van der Waals surface area contributed by atoms with Gasteiger partial charge in [0.05, 0.1) is 9.90 Å². The van der Waals surface area contributed by atoms with Crippen molar-refractivity contribution in [1.29, 1.82) is 0 Å². The lowest BCUT2D eigenvalue weighted by molar-refractivity contribution is 0.307. The third-order valence-corrected chi connectivity index (χ3v) is 6.04. The van der Waals surface area contributed by atoms with Crippen molar-refractivity contribution in [2.75, 3.05) is 13.2 Å². The van der Waals surface area contributed by atoms with Gasteiger partial charge >= 0.3 is 0 Å². The van der Waals surface area contributed by atoms with Crippen LogP contribution < -0.4 is 9.46 Å². The predicted octanol–water partition coefficient (Wildman–Crippen LogP) is 3.22. The molecule has 2 heterocycles. The first kappa shape index (κ1) is 17.8. The summed E-state index contributed by atoms with van der Waals surface area (Å²) in [6.45, 7) is 0.207. The average Bonchev–Trinajstić information content (AvgIpc) is 3.14. The zero-order valence-corrected chi connectivity index (χ0v) is 15.3. The molecule has 0 aliphatic heterocycles. The fourth-order valence-electron chi connectivity index (χ4n) is 2.02. The second kappa shape index (κ2) is 7.92. The number of hydrogen-bond acceptors (Lipinski definition) is 6. The summed E-state index contributed by atoms with van der Waals surface area (Å²) in [5.41, 5.74) is 0.766. The van der Waals surface area contributed by atoms with Crippen LogP contribution in [-0.4, -0.2) is 31.8 Å². The SMILES string of the molecule is O=S(=O)(NCCOc1ccc(-c2cccs2)nn1)c1ccccc1Cl. The third-order valence-electron chi connectivity index (χ3n) is 3.18. The number of thiophene rings is 1. The Labute approximate surface area is 154 Å². The highest BCUT2D eigenvalue weighted by molar-refractivity contribution is 7.89. The van der Waals surface area contributed by atoms with Gasteiger partial charge in [-0.15, -0.1) is 21.5 Å². The first-order valence-corrected chi connectivity index (χ1v) is 10.0. The third kappa shape index (κ3) is 4.55. The van der Waals surface area contributed by atoms with Gasteiger partial charge in [-0.05, 0) is 29.6 Å². The molecular formula is C16H14ClN3O3S2. The maximum absolute atomic E-state index is 12.2. The van der Waals surface area contributed by atoms with Crippen molar-refractivity contribution in [3.8, 4) is 16.5 Å². The Bertz CT molecular complexity index is 930. The molecule has 0 bridgehead atoms. The van der Waals surface area contributed by atoms with Crippen LogP contribution in [0.2, 0.25) is 5.02 Å². The summed E-state index contributed by atoms with van der Waals surface area (Å²) < 4.78 is 32.2. The molecule has 0 amide bonds. The minimum Gasteiger partial charge on any atom is -0.475 e. The lowest BCUT2D eigenvalue weighted by Gasteiger charge is -2.09. The van der Waals surface area contributed by atoms with E-state index in [9.17, 15) is 8.42 Å². The normalized spacial score (nSPS) is 11.4. The molecule has 25 heavy (non-hydrogen) atoms. The van der Waals surface area contributed by atoms with Gasteiger partial charge < -0.3 is 4.74 Å². The molecular weight excluding hydrogens is 382 g/mol. The zero-order chi connectivity index (χ0) is 17.7. The van der Waals surface area contributed by atoms with E-state index >= 15 is 0 Å². The van der Waals surface area contributed by atoms with Crippen molar-refractivity contribution in [2.45, 2.75) is 4.90 Å². The van der Waals surface area contributed by atoms with E-state index in [1.54, 1.807) is 29.5 Å². The lowest BCUT2D eigenvalue weighted by atomic mass is 10.3. The van der Waals surface area contributed by atoms with Crippen LogP contribution in [0.5, 0.6) is 5.88 Å². The second-order valence-corrected chi connectivity index (χ2v) is 8.00. The smallest absolute Gasteiger partial charge is 0.242 e. The molecule has 0 radical (unpaired) electrons. The number of benzene rings is 1. The maximum atomic E-state index is 12.2.